The van der Waals surface area contributed by atoms with Crippen LogP contribution in [0.4, 0.5) is 0 Å². The molecule has 0 N–H and O–H groups in total. The minimum Gasteiger partial charge on any atom is -0.465 e. The first-order valence-electron chi connectivity index (χ1n) is 17.9. The Balaban J connectivity index is 1.14. The van der Waals surface area contributed by atoms with Gasteiger partial charge in [0.1, 0.15) is 0 Å². The van der Waals surface area contributed by atoms with Gasteiger partial charge in [-0.1, -0.05) is 98.8 Å². The van der Waals surface area contributed by atoms with E-state index in [0.717, 1.165) is 41.9 Å². The molecule has 2 heteroatoms. The molecule has 0 aromatic heterocycles. The third kappa shape index (κ3) is 7.46. The van der Waals surface area contributed by atoms with Crippen LogP contribution < -0.4 is 0 Å². The highest BCUT2D eigenvalue weighted by atomic mass is 16.5. The van der Waals surface area contributed by atoms with E-state index in [1.165, 1.54) is 116 Å². The number of unbranched alkanes of at least 4 members (excludes halogenated alkanes) is 6. The topological polar surface area (TPSA) is 26.3 Å². The van der Waals surface area contributed by atoms with E-state index in [9.17, 15) is 4.79 Å². The lowest BCUT2D eigenvalue weighted by Crippen LogP contribution is -2.53. The van der Waals surface area contributed by atoms with Gasteiger partial charge < -0.3 is 4.74 Å². The van der Waals surface area contributed by atoms with Gasteiger partial charge in [0.15, 0.2) is 0 Å². The van der Waals surface area contributed by atoms with Gasteiger partial charge in [0, 0.05) is 6.42 Å². The van der Waals surface area contributed by atoms with Crippen LogP contribution in [0, 0.1) is 52.3 Å². The zero-order valence-corrected chi connectivity index (χ0v) is 26.9. The molecule has 4 fully saturated rings. The van der Waals surface area contributed by atoms with Crippen LogP contribution in [0.1, 0.15) is 169 Å². The van der Waals surface area contributed by atoms with Crippen molar-refractivity contribution >= 4 is 5.97 Å². The van der Waals surface area contributed by atoms with Gasteiger partial charge >= 0.3 is 5.97 Å². The largest absolute Gasteiger partial charge is 0.465 e. The average Bonchev–Trinajstić information content (AvgIpc) is 3.28. The Kier molecular flexibility index (Phi) is 11.7. The summed E-state index contributed by atoms with van der Waals surface area (Å²) < 4.78 is 5.65. The molecule has 4 rings (SSSR count). The summed E-state index contributed by atoms with van der Waals surface area (Å²) in [6.45, 7) is 13.2. The van der Waals surface area contributed by atoms with Gasteiger partial charge in [-0.3, -0.25) is 4.79 Å². The van der Waals surface area contributed by atoms with Gasteiger partial charge in [0.05, 0.1) is 6.61 Å². The summed E-state index contributed by atoms with van der Waals surface area (Å²) in [4.78, 5) is 12.2. The van der Waals surface area contributed by atoms with Crippen molar-refractivity contribution in [2.45, 2.75) is 169 Å². The van der Waals surface area contributed by atoms with Crippen LogP contribution >= 0.6 is 0 Å². The summed E-state index contributed by atoms with van der Waals surface area (Å²) in [7, 11) is 0. The van der Waals surface area contributed by atoms with Crippen molar-refractivity contribution in [1.29, 1.82) is 0 Å². The smallest absolute Gasteiger partial charge is 0.305 e. The molecule has 9 atom stereocenters. The van der Waals surface area contributed by atoms with Crippen LogP contribution in [0.2, 0.25) is 0 Å². The van der Waals surface area contributed by atoms with Crippen LogP contribution in [0.3, 0.4) is 0 Å². The van der Waals surface area contributed by atoms with Crippen LogP contribution in [-0.2, 0) is 9.53 Å². The molecule has 226 valence electrons. The summed E-state index contributed by atoms with van der Waals surface area (Å²) in [6, 6.07) is 0. The summed E-state index contributed by atoms with van der Waals surface area (Å²) in [5, 5.41) is 0. The van der Waals surface area contributed by atoms with E-state index in [0.29, 0.717) is 29.8 Å². The minimum absolute atomic E-state index is 0.0282. The lowest BCUT2D eigenvalue weighted by molar-refractivity contribution is -0.145. The maximum absolute atomic E-state index is 12.2. The number of rotatable bonds is 15. The number of ether oxygens (including phenoxy) is 1. The van der Waals surface area contributed by atoms with E-state index in [4.69, 9.17) is 4.74 Å². The van der Waals surface area contributed by atoms with Crippen molar-refractivity contribution < 1.29 is 9.53 Å². The van der Waals surface area contributed by atoms with Gasteiger partial charge in [0.25, 0.3) is 0 Å². The molecule has 2 unspecified atom stereocenters. The summed E-state index contributed by atoms with van der Waals surface area (Å²) in [6.07, 6.45) is 28.4. The van der Waals surface area contributed by atoms with Gasteiger partial charge in [-0.15, -0.1) is 0 Å². The number of hydrogen-bond donors (Lipinski definition) is 0. The van der Waals surface area contributed by atoms with E-state index in [2.05, 4.69) is 34.6 Å². The van der Waals surface area contributed by atoms with Crippen molar-refractivity contribution in [3.05, 3.63) is 0 Å². The second-order valence-corrected chi connectivity index (χ2v) is 15.7. The standard InChI is InChI=1S/C37H66O2/c1-6-7-8-9-10-11-12-19-35(38)39-27-28(2)16-15-17-29(3)32-22-23-33-31-21-20-30-18-13-14-25-36(30,4)34(31)24-26-37(32,33)5/h28-34H,6-27H2,1-5H3/t28?,29-,30?,31+,32-,33+,34+,36+,37-/m1/s1. The van der Waals surface area contributed by atoms with Crippen molar-refractivity contribution in [3.63, 3.8) is 0 Å². The molecule has 4 saturated carbocycles. The molecule has 0 amide bonds. The third-order valence-corrected chi connectivity index (χ3v) is 13.2. The minimum atomic E-state index is 0.0282. The van der Waals surface area contributed by atoms with E-state index in [1.54, 1.807) is 6.42 Å². The fourth-order valence-electron chi connectivity index (χ4n) is 10.9. The highest BCUT2D eigenvalue weighted by Crippen LogP contribution is 2.68. The fourth-order valence-corrected chi connectivity index (χ4v) is 10.9. The Morgan fingerprint density at radius 3 is 2.31 bits per heavy atom. The van der Waals surface area contributed by atoms with Crippen molar-refractivity contribution in [2.24, 2.45) is 52.3 Å². The Morgan fingerprint density at radius 2 is 1.51 bits per heavy atom. The molecule has 39 heavy (non-hydrogen) atoms. The normalized spacial score (nSPS) is 37.4. The molecule has 0 radical (unpaired) electrons. The Hall–Kier alpha value is -0.530. The quantitative estimate of drug-likeness (QED) is 0.152. The van der Waals surface area contributed by atoms with Crippen molar-refractivity contribution in [1.82, 2.24) is 0 Å². The highest BCUT2D eigenvalue weighted by molar-refractivity contribution is 5.69. The predicted octanol–water partition coefficient (Wildman–Crippen LogP) is 11.2. The molecule has 0 heterocycles. The highest BCUT2D eigenvalue weighted by Gasteiger charge is 2.60. The molecule has 2 nitrogen and oxygen atoms in total. The molecular weight excluding hydrogens is 476 g/mol. The van der Waals surface area contributed by atoms with E-state index in [-0.39, 0.29) is 5.97 Å². The molecule has 4 aliphatic rings. The molecular formula is C37H66O2. The molecule has 0 aromatic carbocycles. The number of hydrogen-bond acceptors (Lipinski definition) is 2. The van der Waals surface area contributed by atoms with E-state index >= 15 is 0 Å². The number of carbonyl (C=O) groups is 1. The van der Waals surface area contributed by atoms with E-state index in [1.807, 2.05) is 0 Å². The van der Waals surface area contributed by atoms with E-state index < -0.39 is 0 Å². The van der Waals surface area contributed by atoms with Crippen LogP contribution in [0.25, 0.3) is 0 Å². The van der Waals surface area contributed by atoms with Gasteiger partial charge in [0.2, 0.25) is 0 Å². The Bertz CT molecular complexity index is 746. The maximum Gasteiger partial charge on any atom is 0.305 e. The summed E-state index contributed by atoms with van der Waals surface area (Å²) in [5.41, 5.74) is 1.26. The monoisotopic (exact) mass is 543 g/mol. The zero-order chi connectivity index (χ0) is 27.9. The maximum atomic E-state index is 12.2. The molecule has 0 spiro atoms. The molecule has 4 aliphatic carbocycles. The third-order valence-electron chi connectivity index (χ3n) is 13.2. The molecule has 0 aliphatic heterocycles. The molecule has 0 bridgehead atoms. The van der Waals surface area contributed by atoms with Gasteiger partial charge in [-0.25, -0.2) is 0 Å². The number of fused-ring (bicyclic) bond motifs is 5. The predicted molar refractivity (Wildman–Crippen MR) is 166 cm³/mol. The average molecular weight is 543 g/mol. The van der Waals surface area contributed by atoms with Gasteiger partial charge in [-0.2, -0.15) is 0 Å². The van der Waals surface area contributed by atoms with Crippen LogP contribution in [0.5, 0.6) is 0 Å². The lowest BCUT2D eigenvalue weighted by Gasteiger charge is -2.61. The Morgan fingerprint density at radius 1 is 0.769 bits per heavy atom. The first-order valence-corrected chi connectivity index (χ1v) is 17.9. The first kappa shape index (κ1) is 31.4. The fraction of sp³-hybridized carbons (Fsp3) is 0.973. The van der Waals surface area contributed by atoms with Gasteiger partial charge in [-0.05, 0) is 116 Å². The summed E-state index contributed by atoms with van der Waals surface area (Å²) in [5.74, 6) is 6.37. The molecule has 0 aromatic rings. The van der Waals surface area contributed by atoms with Crippen LogP contribution in [-0.4, -0.2) is 12.6 Å². The zero-order valence-electron chi connectivity index (χ0n) is 26.9. The van der Waals surface area contributed by atoms with Crippen molar-refractivity contribution in [3.8, 4) is 0 Å². The second-order valence-electron chi connectivity index (χ2n) is 15.7. The molecule has 0 saturated heterocycles. The summed E-state index contributed by atoms with van der Waals surface area (Å²) >= 11 is 0. The first-order chi connectivity index (χ1) is 18.8. The number of esters is 1. The SMILES string of the molecule is CCCCCCCCCC(=O)OCC(C)CCC[C@@H](C)[C@H]1CC[C@H]2[C@@H]3CCC4CCCC[C@]4(C)[C@H]3CC[C@]12C. The number of carbonyl (C=O) groups excluding carboxylic acids is 1. The lowest BCUT2D eigenvalue weighted by atomic mass is 9.44. The van der Waals surface area contributed by atoms with Crippen molar-refractivity contribution in [2.75, 3.05) is 6.61 Å². The second kappa shape index (κ2) is 14.6. The Labute approximate surface area is 243 Å². The van der Waals surface area contributed by atoms with Crippen LogP contribution in [0.15, 0.2) is 0 Å².